The Hall–Kier alpha value is -1.70. The molecule has 0 bridgehead atoms. The first-order valence-corrected chi connectivity index (χ1v) is 11.4. The van der Waals surface area contributed by atoms with Gasteiger partial charge in [-0.3, -0.25) is 0 Å². The highest BCUT2D eigenvalue weighted by Gasteiger charge is 2.22. The number of hydrogen-bond donors (Lipinski definition) is 0. The Morgan fingerprint density at radius 3 is 2.26 bits per heavy atom. The summed E-state index contributed by atoms with van der Waals surface area (Å²) in [5, 5.41) is 2.27. The molecular formula is C20H19BrN4S2. The maximum Gasteiger partial charge on any atom is 0.186 e. The summed E-state index contributed by atoms with van der Waals surface area (Å²) in [7, 11) is 0. The van der Waals surface area contributed by atoms with Gasteiger partial charge in [0.2, 0.25) is 0 Å². The average molecular weight is 459 g/mol. The molecule has 3 heterocycles. The number of aromatic nitrogens is 2. The number of anilines is 2. The third-order valence-electron chi connectivity index (χ3n) is 4.98. The van der Waals surface area contributed by atoms with Crippen LogP contribution in [0.25, 0.3) is 20.4 Å². The lowest BCUT2D eigenvalue weighted by Gasteiger charge is -2.34. The molecule has 7 heteroatoms. The molecule has 0 spiro atoms. The molecule has 1 saturated heterocycles. The largest absolute Gasteiger partial charge is 0.345 e. The molecule has 1 aliphatic rings. The van der Waals surface area contributed by atoms with Gasteiger partial charge in [0.05, 0.1) is 20.4 Å². The van der Waals surface area contributed by atoms with Crippen molar-refractivity contribution in [2.45, 2.75) is 13.8 Å². The quantitative estimate of drug-likeness (QED) is 0.390. The topological polar surface area (TPSA) is 32.3 Å². The Balaban J connectivity index is 1.35. The van der Waals surface area contributed by atoms with Gasteiger partial charge in [0, 0.05) is 30.7 Å². The van der Waals surface area contributed by atoms with Crippen LogP contribution >= 0.6 is 38.6 Å². The van der Waals surface area contributed by atoms with Gasteiger partial charge in [0.25, 0.3) is 0 Å². The zero-order valence-corrected chi connectivity index (χ0v) is 18.4. The summed E-state index contributed by atoms with van der Waals surface area (Å²) in [4.78, 5) is 14.6. The van der Waals surface area contributed by atoms with Crippen molar-refractivity contribution < 1.29 is 0 Å². The first kappa shape index (κ1) is 17.4. The van der Waals surface area contributed by atoms with E-state index in [0.29, 0.717) is 0 Å². The number of piperazine rings is 1. The first-order chi connectivity index (χ1) is 13.1. The SMILES string of the molecule is Cc1cc(C)c2nc(N3CCN(c4nc5ccc(Br)cc5s4)CC3)sc2c1. The van der Waals surface area contributed by atoms with E-state index >= 15 is 0 Å². The zero-order valence-electron chi connectivity index (χ0n) is 15.2. The molecule has 2 aromatic heterocycles. The summed E-state index contributed by atoms with van der Waals surface area (Å²) in [6, 6.07) is 10.8. The lowest BCUT2D eigenvalue weighted by Crippen LogP contribution is -2.46. The normalized spacial score (nSPS) is 15.2. The molecule has 1 fully saturated rings. The molecule has 0 saturated carbocycles. The molecule has 27 heavy (non-hydrogen) atoms. The predicted molar refractivity (Wildman–Crippen MR) is 121 cm³/mol. The minimum Gasteiger partial charge on any atom is -0.345 e. The molecule has 2 aromatic carbocycles. The van der Waals surface area contributed by atoms with Crippen LogP contribution in [0.3, 0.4) is 0 Å². The van der Waals surface area contributed by atoms with Crippen LogP contribution in [0.5, 0.6) is 0 Å². The van der Waals surface area contributed by atoms with Gasteiger partial charge >= 0.3 is 0 Å². The summed E-state index contributed by atoms with van der Waals surface area (Å²) in [5.74, 6) is 0. The van der Waals surface area contributed by atoms with Crippen LogP contribution in [0.2, 0.25) is 0 Å². The number of halogens is 1. The predicted octanol–water partition coefficient (Wildman–Crippen LogP) is 5.61. The van der Waals surface area contributed by atoms with E-state index < -0.39 is 0 Å². The van der Waals surface area contributed by atoms with Crippen molar-refractivity contribution in [2.75, 3.05) is 36.0 Å². The van der Waals surface area contributed by atoms with E-state index in [1.807, 2.05) is 11.3 Å². The van der Waals surface area contributed by atoms with Crippen LogP contribution in [0.15, 0.2) is 34.8 Å². The van der Waals surface area contributed by atoms with Crippen LogP contribution in [-0.2, 0) is 0 Å². The monoisotopic (exact) mass is 458 g/mol. The second-order valence-electron chi connectivity index (χ2n) is 7.01. The summed E-state index contributed by atoms with van der Waals surface area (Å²) >= 11 is 7.14. The van der Waals surface area contributed by atoms with Crippen molar-refractivity contribution in [1.29, 1.82) is 0 Å². The zero-order chi connectivity index (χ0) is 18.5. The van der Waals surface area contributed by atoms with E-state index in [1.54, 1.807) is 11.3 Å². The molecule has 4 aromatic rings. The van der Waals surface area contributed by atoms with Gasteiger partial charge in [0.15, 0.2) is 10.3 Å². The minimum atomic E-state index is 0.981. The van der Waals surface area contributed by atoms with Gasteiger partial charge in [-0.1, -0.05) is 44.7 Å². The lowest BCUT2D eigenvalue weighted by molar-refractivity contribution is 0.651. The highest BCUT2D eigenvalue weighted by Crippen LogP contribution is 2.34. The summed E-state index contributed by atoms with van der Waals surface area (Å²) in [6.45, 7) is 8.24. The second-order valence-corrected chi connectivity index (χ2v) is 9.94. The average Bonchev–Trinajstić information content (AvgIpc) is 3.25. The molecule has 0 aliphatic carbocycles. The van der Waals surface area contributed by atoms with E-state index in [9.17, 15) is 0 Å². The Bertz CT molecular complexity index is 1140. The van der Waals surface area contributed by atoms with Crippen LogP contribution < -0.4 is 9.80 Å². The Morgan fingerprint density at radius 2 is 1.52 bits per heavy atom. The first-order valence-electron chi connectivity index (χ1n) is 9.00. The molecule has 138 valence electrons. The van der Waals surface area contributed by atoms with Gasteiger partial charge < -0.3 is 9.80 Å². The lowest BCUT2D eigenvalue weighted by atomic mass is 10.1. The van der Waals surface area contributed by atoms with Crippen molar-refractivity contribution in [3.05, 3.63) is 45.9 Å². The van der Waals surface area contributed by atoms with Gasteiger partial charge in [-0.15, -0.1) is 0 Å². The van der Waals surface area contributed by atoms with Gasteiger partial charge in [-0.05, 0) is 49.2 Å². The van der Waals surface area contributed by atoms with E-state index in [0.717, 1.165) is 51.9 Å². The van der Waals surface area contributed by atoms with Crippen LogP contribution in [0.4, 0.5) is 10.3 Å². The molecule has 0 unspecified atom stereocenters. The molecule has 0 atom stereocenters. The number of benzene rings is 2. The standard InChI is InChI=1S/C20H19BrN4S2/c1-12-9-13(2)18-17(10-12)27-20(23-18)25-7-5-24(6-8-25)19-22-15-4-3-14(21)11-16(15)26-19/h3-4,9-11H,5-8H2,1-2H3. The van der Waals surface area contributed by atoms with Gasteiger partial charge in [-0.2, -0.15) is 0 Å². The number of aryl methyl sites for hydroxylation is 2. The van der Waals surface area contributed by atoms with Gasteiger partial charge in [0.1, 0.15) is 0 Å². The van der Waals surface area contributed by atoms with Crippen molar-refractivity contribution in [2.24, 2.45) is 0 Å². The third kappa shape index (κ3) is 3.22. The Labute approximate surface area is 174 Å². The van der Waals surface area contributed by atoms with Crippen molar-refractivity contribution in [1.82, 2.24) is 9.97 Å². The van der Waals surface area contributed by atoms with E-state index in [1.165, 1.54) is 20.5 Å². The maximum absolute atomic E-state index is 4.93. The molecule has 0 N–H and O–H groups in total. The number of hydrogen-bond acceptors (Lipinski definition) is 6. The summed E-state index contributed by atoms with van der Waals surface area (Å²) < 4.78 is 3.64. The third-order valence-corrected chi connectivity index (χ3v) is 7.61. The number of nitrogens with zero attached hydrogens (tertiary/aromatic N) is 4. The van der Waals surface area contributed by atoms with E-state index in [-0.39, 0.29) is 0 Å². The Morgan fingerprint density at radius 1 is 0.852 bits per heavy atom. The maximum atomic E-state index is 4.93. The van der Waals surface area contributed by atoms with Crippen molar-refractivity contribution in [3.63, 3.8) is 0 Å². The molecule has 4 nitrogen and oxygen atoms in total. The fraction of sp³-hybridized carbons (Fsp3) is 0.300. The molecule has 1 aliphatic heterocycles. The van der Waals surface area contributed by atoms with Crippen molar-refractivity contribution >= 4 is 69.3 Å². The highest BCUT2D eigenvalue weighted by atomic mass is 79.9. The number of thiazole rings is 2. The number of fused-ring (bicyclic) bond motifs is 2. The smallest absolute Gasteiger partial charge is 0.186 e. The second kappa shape index (κ2) is 6.72. The fourth-order valence-corrected chi connectivity index (χ4v) is 6.37. The fourth-order valence-electron chi connectivity index (χ4n) is 3.60. The van der Waals surface area contributed by atoms with Crippen molar-refractivity contribution in [3.8, 4) is 0 Å². The van der Waals surface area contributed by atoms with E-state index in [2.05, 4.69) is 69.9 Å². The van der Waals surface area contributed by atoms with Crippen LogP contribution in [-0.4, -0.2) is 36.1 Å². The molecule has 0 amide bonds. The minimum absolute atomic E-state index is 0.981. The van der Waals surface area contributed by atoms with E-state index in [4.69, 9.17) is 9.97 Å². The molecule has 0 radical (unpaired) electrons. The number of rotatable bonds is 2. The highest BCUT2D eigenvalue weighted by molar-refractivity contribution is 9.10. The van der Waals surface area contributed by atoms with Gasteiger partial charge in [-0.25, -0.2) is 9.97 Å². The van der Waals surface area contributed by atoms with Crippen LogP contribution in [0, 0.1) is 13.8 Å². The Kier molecular flexibility index (Phi) is 4.33. The molecular weight excluding hydrogens is 440 g/mol. The summed E-state index contributed by atoms with van der Waals surface area (Å²) in [5.41, 5.74) is 4.81. The summed E-state index contributed by atoms with van der Waals surface area (Å²) in [6.07, 6.45) is 0. The molecule has 5 rings (SSSR count). The van der Waals surface area contributed by atoms with Crippen LogP contribution in [0.1, 0.15) is 11.1 Å².